The molecule has 2 aliphatic carbocycles. The number of hydrogen-bond donors (Lipinski definition) is 0. The SMILES string of the molecule is CC1(C)c2ccccc2-c2ccc(N(c3ccc4c(c3)C(C)(C)c3ccccc3-4)c3cccc4cc5c(cc34)sc3ccccc35)cc21. The summed E-state index contributed by atoms with van der Waals surface area (Å²) in [5.74, 6) is 0. The zero-order valence-corrected chi connectivity index (χ0v) is 28.5. The minimum absolute atomic E-state index is 0.0861. The molecule has 0 aliphatic heterocycles. The third-order valence-corrected chi connectivity index (χ3v) is 12.4. The van der Waals surface area contributed by atoms with Gasteiger partial charge in [0.25, 0.3) is 0 Å². The lowest BCUT2D eigenvalue weighted by atomic mass is 9.82. The molecule has 8 aromatic rings. The molecule has 7 aromatic carbocycles. The van der Waals surface area contributed by atoms with Gasteiger partial charge in [0.2, 0.25) is 0 Å². The predicted molar refractivity (Wildman–Crippen MR) is 207 cm³/mol. The molecule has 1 heterocycles. The third kappa shape index (κ3) is 3.72. The predicted octanol–water partition coefficient (Wildman–Crippen LogP) is 13.3. The minimum atomic E-state index is -0.0861. The van der Waals surface area contributed by atoms with E-state index in [-0.39, 0.29) is 10.8 Å². The Labute approximate surface area is 285 Å². The topological polar surface area (TPSA) is 3.24 Å². The third-order valence-electron chi connectivity index (χ3n) is 11.2. The average molecular weight is 634 g/mol. The summed E-state index contributed by atoms with van der Waals surface area (Å²) in [5.41, 5.74) is 14.4. The molecule has 0 unspecified atom stereocenters. The summed E-state index contributed by atoms with van der Waals surface area (Å²) in [6.45, 7) is 9.49. The number of rotatable bonds is 3. The van der Waals surface area contributed by atoms with Crippen molar-refractivity contribution in [3.63, 3.8) is 0 Å². The number of anilines is 3. The second kappa shape index (κ2) is 9.69. The van der Waals surface area contributed by atoms with Crippen LogP contribution >= 0.6 is 11.3 Å². The summed E-state index contributed by atoms with van der Waals surface area (Å²) < 4.78 is 2.66. The van der Waals surface area contributed by atoms with Crippen LogP contribution in [0.1, 0.15) is 49.9 Å². The van der Waals surface area contributed by atoms with Gasteiger partial charge in [0.1, 0.15) is 0 Å². The van der Waals surface area contributed by atoms with Gasteiger partial charge in [-0.3, -0.25) is 0 Å². The standard InChI is InChI=1S/C46H35NS/c1-45(2)38-16-8-5-13-31(38)33-22-20-29(25-40(33)45)47(30-21-23-34-32-14-6-9-17-39(32)46(3,4)41(34)26-30)42-18-11-12-28-24-37-35-15-7-10-19-43(35)48-44(37)27-36(28)42/h5-27H,1-4H3. The van der Waals surface area contributed by atoms with Crippen LogP contribution in [-0.4, -0.2) is 0 Å². The number of fused-ring (bicyclic) bond motifs is 10. The monoisotopic (exact) mass is 633 g/mol. The molecule has 0 atom stereocenters. The lowest BCUT2D eigenvalue weighted by molar-refractivity contribution is 0.660. The van der Waals surface area contributed by atoms with Crippen LogP contribution in [0.15, 0.2) is 140 Å². The van der Waals surface area contributed by atoms with Gasteiger partial charge in [-0.15, -0.1) is 11.3 Å². The van der Waals surface area contributed by atoms with Crippen LogP contribution in [0.4, 0.5) is 17.1 Å². The molecule has 230 valence electrons. The van der Waals surface area contributed by atoms with E-state index in [2.05, 4.69) is 172 Å². The van der Waals surface area contributed by atoms with E-state index in [0.29, 0.717) is 0 Å². The number of benzene rings is 7. The molecule has 0 amide bonds. The summed E-state index contributed by atoms with van der Waals surface area (Å²) in [7, 11) is 0. The van der Waals surface area contributed by atoms with Gasteiger partial charge in [0.05, 0.1) is 5.69 Å². The molecule has 0 N–H and O–H groups in total. The van der Waals surface area contributed by atoms with E-state index >= 15 is 0 Å². The smallest absolute Gasteiger partial charge is 0.0540 e. The Balaban J connectivity index is 1.23. The van der Waals surface area contributed by atoms with Gasteiger partial charge in [0.15, 0.2) is 0 Å². The van der Waals surface area contributed by atoms with Crippen molar-refractivity contribution < 1.29 is 0 Å². The van der Waals surface area contributed by atoms with E-state index in [4.69, 9.17) is 0 Å². The highest BCUT2D eigenvalue weighted by Gasteiger charge is 2.37. The molecule has 0 fully saturated rings. The highest BCUT2D eigenvalue weighted by Crippen LogP contribution is 2.53. The first-order chi connectivity index (χ1) is 23.3. The maximum absolute atomic E-state index is 2.51. The largest absolute Gasteiger partial charge is 0.310 e. The van der Waals surface area contributed by atoms with Gasteiger partial charge >= 0.3 is 0 Å². The average Bonchev–Trinajstić information content (AvgIpc) is 3.67. The fourth-order valence-electron chi connectivity index (χ4n) is 8.77. The molecule has 2 heteroatoms. The van der Waals surface area contributed by atoms with Crippen LogP contribution in [0, 0.1) is 0 Å². The van der Waals surface area contributed by atoms with Gasteiger partial charge in [-0.25, -0.2) is 0 Å². The van der Waals surface area contributed by atoms with Gasteiger partial charge in [-0.2, -0.15) is 0 Å². The molecular weight excluding hydrogens is 599 g/mol. The molecule has 1 aromatic heterocycles. The second-order valence-corrected chi connectivity index (χ2v) is 15.7. The van der Waals surface area contributed by atoms with Crippen LogP contribution in [0.5, 0.6) is 0 Å². The van der Waals surface area contributed by atoms with Crippen LogP contribution in [0.25, 0.3) is 53.2 Å². The number of thiophene rings is 1. The summed E-state index contributed by atoms with van der Waals surface area (Å²) in [5, 5.41) is 5.20. The summed E-state index contributed by atoms with van der Waals surface area (Å²) >= 11 is 1.89. The van der Waals surface area contributed by atoms with Crippen molar-refractivity contribution in [1.29, 1.82) is 0 Å². The first-order valence-corrected chi connectivity index (χ1v) is 17.8. The summed E-state index contributed by atoms with van der Waals surface area (Å²) in [4.78, 5) is 2.51. The van der Waals surface area contributed by atoms with E-state index in [1.54, 1.807) is 0 Å². The first kappa shape index (κ1) is 27.9. The quantitative estimate of drug-likeness (QED) is 0.187. The van der Waals surface area contributed by atoms with Crippen LogP contribution < -0.4 is 4.90 Å². The van der Waals surface area contributed by atoms with Crippen molar-refractivity contribution in [3.8, 4) is 22.3 Å². The van der Waals surface area contributed by atoms with E-state index in [1.165, 1.54) is 92.5 Å². The second-order valence-electron chi connectivity index (χ2n) is 14.6. The fraction of sp³-hybridized carbons (Fsp3) is 0.130. The maximum atomic E-state index is 2.51. The van der Waals surface area contributed by atoms with Gasteiger partial charge < -0.3 is 4.90 Å². The molecule has 2 aliphatic rings. The Hall–Kier alpha value is -5.18. The lowest BCUT2D eigenvalue weighted by Crippen LogP contribution is -2.18. The Kier molecular flexibility index (Phi) is 5.63. The highest BCUT2D eigenvalue weighted by molar-refractivity contribution is 7.25. The Morgan fingerprint density at radius 1 is 0.417 bits per heavy atom. The van der Waals surface area contributed by atoms with Gasteiger partial charge in [-0.1, -0.05) is 119 Å². The van der Waals surface area contributed by atoms with Crippen molar-refractivity contribution in [1.82, 2.24) is 0 Å². The van der Waals surface area contributed by atoms with Crippen molar-refractivity contribution in [2.45, 2.75) is 38.5 Å². The van der Waals surface area contributed by atoms with E-state index in [1.807, 2.05) is 11.3 Å². The summed E-state index contributed by atoms with van der Waals surface area (Å²) in [6.07, 6.45) is 0. The lowest BCUT2D eigenvalue weighted by Gasteiger charge is -2.30. The van der Waals surface area contributed by atoms with Crippen molar-refractivity contribution in [3.05, 3.63) is 162 Å². The van der Waals surface area contributed by atoms with Crippen molar-refractivity contribution in [2.75, 3.05) is 4.90 Å². The number of hydrogen-bond acceptors (Lipinski definition) is 2. The van der Waals surface area contributed by atoms with Crippen molar-refractivity contribution >= 4 is 59.3 Å². The fourth-order valence-corrected chi connectivity index (χ4v) is 9.89. The van der Waals surface area contributed by atoms with E-state index in [0.717, 1.165) is 0 Å². The molecule has 0 spiro atoms. The molecule has 10 rings (SSSR count). The van der Waals surface area contributed by atoms with Crippen molar-refractivity contribution in [2.24, 2.45) is 0 Å². The molecule has 48 heavy (non-hydrogen) atoms. The molecule has 0 bridgehead atoms. The van der Waals surface area contributed by atoms with Gasteiger partial charge in [-0.05, 0) is 98.4 Å². The van der Waals surface area contributed by atoms with Crippen LogP contribution in [0.3, 0.4) is 0 Å². The molecular formula is C46H35NS. The Morgan fingerprint density at radius 3 is 1.62 bits per heavy atom. The molecule has 0 saturated carbocycles. The van der Waals surface area contributed by atoms with E-state index in [9.17, 15) is 0 Å². The first-order valence-electron chi connectivity index (χ1n) is 16.9. The zero-order chi connectivity index (χ0) is 32.4. The van der Waals surface area contributed by atoms with E-state index < -0.39 is 0 Å². The number of nitrogens with zero attached hydrogens (tertiary/aromatic N) is 1. The van der Waals surface area contributed by atoms with Crippen LogP contribution in [-0.2, 0) is 10.8 Å². The zero-order valence-electron chi connectivity index (χ0n) is 27.6. The van der Waals surface area contributed by atoms with Gasteiger partial charge in [0, 0.05) is 47.8 Å². The molecule has 0 radical (unpaired) electrons. The molecule has 0 saturated heterocycles. The minimum Gasteiger partial charge on any atom is -0.310 e. The van der Waals surface area contributed by atoms with Crippen LogP contribution in [0.2, 0.25) is 0 Å². The Morgan fingerprint density at radius 2 is 0.979 bits per heavy atom. The maximum Gasteiger partial charge on any atom is 0.0540 e. The highest BCUT2D eigenvalue weighted by atomic mass is 32.1. The Bertz CT molecular complexity index is 2530. The normalized spacial score (nSPS) is 15.0. The summed E-state index contributed by atoms with van der Waals surface area (Å²) in [6, 6.07) is 52.6. The molecule has 1 nitrogen and oxygen atoms in total.